The van der Waals surface area contributed by atoms with Crippen LogP contribution < -0.4 is 28.1 Å². The summed E-state index contributed by atoms with van der Waals surface area (Å²) in [6, 6.07) is 12.3. The van der Waals surface area contributed by atoms with Crippen molar-refractivity contribution in [2.24, 2.45) is 0 Å². The van der Waals surface area contributed by atoms with Gasteiger partial charge in [-0.25, -0.2) is 0 Å². The van der Waals surface area contributed by atoms with Gasteiger partial charge in [-0.2, -0.15) is 0 Å². The third kappa shape index (κ3) is 5.46. The summed E-state index contributed by atoms with van der Waals surface area (Å²) in [6.07, 6.45) is 8.45. The van der Waals surface area contributed by atoms with Crippen LogP contribution in [-0.4, -0.2) is 5.43 Å². The Morgan fingerprint density at radius 2 is 1.53 bits per heavy atom. The van der Waals surface area contributed by atoms with Crippen LogP contribution in [-0.2, 0) is 37.6 Å². The fourth-order valence-corrected chi connectivity index (χ4v) is 24.0. The third-order valence-electron chi connectivity index (χ3n) is 7.21. The zero-order chi connectivity index (χ0) is 23.4. The molecule has 0 heterocycles. The van der Waals surface area contributed by atoms with Crippen LogP contribution in [0.25, 0.3) is 11.1 Å². The summed E-state index contributed by atoms with van der Waals surface area (Å²) in [5, 5.41) is 0. The molecule has 0 saturated carbocycles. The molecular formula is C30H40Cl2SiZr. The minimum Gasteiger partial charge on any atom is -1.00 e. The molecule has 0 atom stereocenters. The number of halogens is 2. The molecule has 0 unspecified atom stereocenters. The fraction of sp³-hybridized carbons (Fsp3) is 0.467. The number of benzene rings is 2. The molecule has 0 bridgehead atoms. The van der Waals surface area contributed by atoms with Gasteiger partial charge in [0.15, 0.2) is 0 Å². The molecule has 0 spiro atoms. The Morgan fingerprint density at radius 3 is 2.09 bits per heavy atom. The summed E-state index contributed by atoms with van der Waals surface area (Å²) in [5.74, 6) is 0. The predicted molar refractivity (Wildman–Crippen MR) is 140 cm³/mol. The molecule has 34 heavy (non-hydrogen) atoms. The molecule has 2 aliphatic carbocycles. The molecule has 0 radical (unpaired) electrons. The Kier molecular flexibility index (Phi) is 9.58. The second-order valence-corrected chi connectivity index (χ2v) is 28.8. The molecule has 2 aliphatic rings. The van der Waals surface area contributed by atoms with Crippen LogP contribution in [0.3, 0.4) is 0 Å². The van der Waals surface area contributed by atoms with Crippen molar-refractivity contribution < 1.29 is 45.2 Å². The van der Waals surface area contributed by atoms with Gasteiger partial charge in [0.05, 0.1) is 0 Å². The molecule has 2 aromatic carbocycles. The quantitative estimate of drug-likeness (QED) is 0.410. The smallest absolute Gasteiger partial charge is 1.00 e. The Bertz CT molecular complexity index is 1180. The van der Waals surface area contributed by atoms with E-state index in [1.165, 1.54) is 29.5 Å². The van der Waals surface area contributed by atoms with Gasteiger partial charge < -0.3 is 24.8 Å². The molecule has 0 aromatic heterocycles. The van der Waals surface area contributed by atoms with Gasteiger partial charge in [-0.05, 0) is 0 Å². The largest absolute Gasteiger partial charge is 1.00 e. The molecule has 0 N–H and O–H groups in total. The van der Waals surface area contributed by atoms with E-state index in [1.54, 1.807) is 22.3 Å². The van der Waals surface area contributed by atoms with Crippen molar-refractivity contribution in [2.45, 2.75) is 91.7 Å². The van der Waals surface area contributed by atoms with Gasteiger partial charge in [-0.15, -0.1) is 0 Å². The maximum atomic E-state index is 2.61. The SMILES string of the molecule is CCC1=[C]([Zr+2]([c]2c(C(C)(C)C)ccc3c2Cc2cc(C(C)(C)C)ccc2-3)=[Si](C)C)CC=C1.[Cl-].[Cl-]. The van der Waals surface area contributed by atoms with Crippen LogP contribution in [0.2, 0.25) is 13.1 Å². The van der Waals surface area contributed by atoms with E-state index in [-0.39, 0.29) is 41.1 Å². The predicted octanol–water partition coefficient (Wildman–Crippen LogP) is 1.98. The van der Waals surface area contributed by atoms with E-state index >= 15 is 0 Å². The van der Waals surface area contributed by atoms with Crippen molar-refractivity contribution in [3.05, 3.63) is 73.6 Å². The summed E-state index contributed by atoms with van der Waals surface area (Å²) in [7, 11) is 0. The zero-order valence-corrected chi connectivity index (χ0v) is 27.4. The van der Waals surface area contributed by atoms with Crippen LogP contribution in [0.5, 0.6) is 0 Å². The molecule has 0 fully saturated rings. The molecule has 4 rings (SSSR count). The van der Waals surface area contributed by atoms with Crippen LogP contribution in [0.4, 0.5) is 0 Å². The van der Waals surface area contributed by atoms with Crippen molar-refractivity contribution >= 4 is 8.70 Å². The van der Waals surface area contributed by atoms with Crippen LogP contribution in [0.15, 0.2) is 51.3 Å². The van der Waals surface area contributed by atoms with E-state index in [1.807, 2.05) is 6.55 Å². The van der Waals surface area contributed by atoms with Crippen LogP contribution in [0, 0.1) is 0 Å². The van der Waals surface area contributed by atoms with Gasteiger partial charge >= 0.3 is 205 Å². The maximum absolute atomic E-state index is 2.61. The minimum absolute atomic E-state index is 0. The van der Waals surface area contributed by atoms with E-state index in [0.717, 1.165) is 6.42 Å². The Labute approximate surface area is 228 Å². The number of fused-ring (bicyclic) bond motifs is 3. The molecule has 0 nitrogen and oxygen atoms in total. The van der Waals surface area contributed by atoms with Crippen molar-refractivity contribution in [1.82, 2.24) is 0 Å². The number of rotatable bonds is 3. The van der Waals surface area contributed by atoms with Gasteiger partial charge in [0.2, 0.25) is 0 Å². The van der Waals surface area contributed by atoms with Gasteiger partial charge in [0, 0.05) is 0 Å². The number of hydrogen-bond donors (Lipinski definition) is 0. The van der Waals surface area contributed by atoms with Gasteiger partial charge in [-0.1, -0.05) is 0 Å². The average Bonchev–Trinajstić information content (AvgIpc) is 3.30. The van der Waals surface area contributed by atoms with Crippen molar-refractivity contribution in [1.29, 1.82) is 0 Å². The molecule has 0 aliphatic heterocycles. The monoisotopic (exact) mass is 588 g/mol. The molecule has 182 valence electrons. The first kappa shape index (κ1) is 29.8. The molecule has 2 aromatic rings. The topological polar surface area (TPSA) is 0 Å². The Morgan fingerprint density at radius 1 is 0.882 bits per heavy atom. The minimum atomic E-state index is -1.99. The van der Waals surface area contributed by atoms with Crippen molar-refractivity contribution in [3.63, 3.8) is 0 Å². The Hall–Kier alpha value is -0.400. The zero-order valence-electron chi connectivity index (χ0n) is 22.4. The van der Waals surface area contributed by atoms with Gasteiger partial charge in [0.1, 0.15) is 0 Å². The molecule has 0 amide bonds. The maximum Gasteiger partial charge on any atom is -1.00 e. The standard InChI is InChI=1S/C21H25.C7H9.C2H6Si.2ClH.Zr/c1-20(2,3)16-7-9-18-14(12-16)11-15-13-17(21(4,5)6)8-10-19(15)18;1-2-7-5-3-4-6-7;1-3-2;;;/h7-10,12H,11H2,1-6H3;3,5H,2,4H2,1H3;1-2H3;2*1H;/q;;;;;+2/p-2. The summed E-state index contributed by atoms with van der Waals surface area (Å²) < 4.78 is 3.77. The first-order valence-electron chi connectivity index (χ1n) is 12.3. The second kappa shape index (κ2) is 10.9. The van der Waals surface area contributed by atoms with Crippen LogP contribution in [0.1, 0.15) is 83.6 Å². The van der Waals surface area contributed by atoms with E-state index in [0.29, 0.717) is 0 Å². The van der Waals surface area contributed by atoms with E-state index in [9.17, 15) is 0 Å². The third-order valence-corrected chi connectivity index (χ3v) is 24.3. The van der Waals surface area contributed by atoms with E-state index in [2.05, 4.69) is 104 Å². The molecule has 4 heteroatoms. The van der Waals surface area contributed by atoms with Gasteiger partial charge in [-0.3, -0.25) is 0 Å². The number of allylic oxidation sites excluding steroid dienone is 4. The number of hydrogen-bond acceptors (Lipinski definition) is 0. The Balaban J connectivity index is 0.00000204. The van der Waals surface area contributed by atoms with Crippen molar-refractivity contribution in [3.8, 4) is 11.1 Å². The first-order chi connectivity index (χ1) is 14.9. The summed E-state index contributed by atoms with van der Waals surface area (Å²) in [4.78, 5) is 0. The van der Waals surface area contributed by atoms with Crippen LogP contribution >= 0.6 is 0 Å². The average molecular weight is 591 g/mol. The van der Waals surface area contributed by atoms with E-state index in [4.69, 9.17) is 0 Å². The fourth-order valence-electron chi connectivity index (χ4n) is 5.50. The first-order valence-corrected chi connectivity index (χ1v) is 20.9. The van der Waals surface area contributed by atoms with Crippen molar-refractivity contribution in [2.75, 3.05) is 0 Å². The molecule has 0 saturated heterocycles. The molecular weight excluding hydrogens is 551 g/mol. The normalized spacial score (nSPS) is 14.1. The summed E-state index contributed by atoms with van der Waals surface area (Å²) >= 11 is -1.99. The summed E-state index contributed by atoms with van der Waals surface area (Å²) in [6.45, 7) is 21.9. The van der Waals surface area contributed by atoms with E-state index < -0.39 is 20.4 Å². The summed E-state index contributed by atoms with van der Waals surface area (Å²) in [5.41, 5.74) is 11.1. The second-order valence-electron chi connectivity index (χ2n) is 11.9. The van der Waals surface area contributed by atoms with Gasteiger partial charge in [0.25, 0.3) is 0 Å².